The van der Waals surface area contributed by atoms with E-state index in [0.717, 1.165) is 25.7 Å². The summed E-state index contributed by atoms with van der Waals surface area (Å²) in [4.78, 5) is 28.5. The van der Waals surface area contributed by atoms with Crippen LogP contribution in [0.15, 0.2) is 42.6 Å². The molecule has 8 heteroatoms. The zero-order valence-corrected chi connectivity index (χ0v) is 18.8. The molecular formula is C25H29FN2O5. The standard InChI is InChI=1S/C25H29FN2O5/c1-25(2,24(30)31)33-21-13-15-5-6-16(21)12-17(15)14-28-22(29)20-4-3-11-27-23(20)32-19-9-7-18(26)8-10-19/h3-4,7-11,15-17,21H,5-6,12-14H2,1-2H3,(H,28,29)(H,30,31). The normalized spacial score (nSPS) is 24.3. The van der Waals surface area contributed by atoms with E-state index < -0.39 is 11.6 Å². The molecule has 0 radical (unpaired) electrons. The number of carbonyl (C=O) groups is 2. The molecule has 0 saturated heterocycles. The van der Waals surface area contributed by atoms with E-state index in [1.807, 2.05) is 0 Å². The maximum absolute atomic E-state index is 13.1. The summed E-state index contributed by atoms with van der Waals surface area (Å²) in [6, 6.07) is 8.84. The second kappa shape index (κ2) is 9.47. The van der Waals surface area contributed by atoms with E-state index >= 15 is 0 Å². The number of aromatic nitrogens is 1. The molecule has 1 heterocycles. The zero-order valence-electron chi connectivity index (χ0n) is 18.8. The molecule has 3 fully saturated rings. The van der Waals surface area contributed by atoms with Gasteiger partial charge in [0.1, 0.15) is 17.1 Å². The number of hydrogen-bond acceptors (Lipinski definition) is 5. The molecule has 3 aliphatic rings. The Morgan fingerprint density at radius 3 is 2.55 bits per heavy atom. The number of rotatable bonds is 8. The van der Waals surface area contributed by atoms with Gasteiger partial charge in [-0.3, -0.25) is 4.79 Å². The summed E-state index contributed by atoms with van der Waals surface area (Å²) in [5, 5.41) is 12.4. The van der Waals surface area contributed by atoms with Crippen molar-refractivity contribution in [1.82, 2.24) is 10.3 Å². The monoisotopic (exact) mass is 456 g/mol. The van der Waals surface area contributed by atoms with Crippen molar-refractivity contribution in [3.8, 4) is 11.6 Å². The minimum Gasteiger partial charge on any atom is -0.479 e. The van der Waals surface area contributed by atoms with Gasteiger partial charge in [0.2, 0.25) is 5.88 Å². The van der Waals surface area contributed by atoms with Crippen molar-refractivity contribution in [2.24, 2.45) is 17.8 Å². The van der Waals surface area contributed by atoms with E-state index in [1.165, 1.54) is 30.5 Å². The van der Waals surface area contributed by atoms with Crippen molar-refractivity contribution >= 4 is 11.9 Å². The van der Waals surface area contributed by atoms with E-state index in [2.05, 4.69) is 10.3 Å². The van der Waals surface area contributed by atoms with Crippen LogP contribution in [0.25, 0.3) is 0 Å². The van der Waals surface area contributed by atoms with Crippen LogP contribution in [0.5, 0.6) is 11.6 Å². The molecule has 0 aliphatic heterocycles. The highest BCUT2D eigenvalue weighted by Gasteiger charge is 2.45. The van der Waals surface area contributed by atoms with Crippen LogP contribution in [0.3, 0.4) is 0 Å². The fourth-order valence-corrected chi connectivity index (χ4v) is 4.90. The maximum Gasteiger partial charge on any atom is 0.335 e. The average molecular weight is 457 g/mol. The van der Waals surface area contributed by atoms with E-state index in [0.29, 0.717) is 35.6 Å². The summed E-state index contributed by atoms with van der Waals surface area (Å²) in [6.45, 7) is 3.71. The summed E-state index contributed by atoms with van der Waals surface area (Å²) in [7, 11) is 0. The van der Waals surface area contributed by atoms with Crippen LogP contribution in [0.2, 0.25) is 0 Å². The molecule has 1 aromatic heterocycles. The molecule has 1 aromatic carbocycles. The smallest absolute Gasteiger partial charge is 0.335 e. The van der Waals surface area contributed by atoms with Gasteiger partial charge in [-0.25, -0.2) is 14.2 Å². The highest BCUT2D eigenvalue weighted by atomic mass is 19.1. The maximum atomic E-state index is 13.1. The lowest BCUT2D eigenvalue weighted by Gasteiger charge is -2.48. The number of benzene rings is 1. The molecule has 2 aromatic rings. The van der Waals surface area contributed by atoms with Crippen molar-refractivity contribution in [2.75, 3.05) is 6.54 Å². The number of hydrogen-bond donors (Lipinski definition) is 2. The predicted molar refractivity (Wildman–Crippen MR) is 119 cm³/mol. The number of nitrogens with zero attached hydrogens (tertiary/aromatic N) is 1. The van der Waals surface area contributed by atoms with E-state index in [4.69, 9.17) is 9.47 Å². The average Bonchev–Trinajstić information content (AvgIpc) is 2.79. The number of aliphatic carboxylic acids is 1. The van der Waals surface area contributed by atoms with Crippen molar-refractivity contribution in [2.45, 2.75) is 51.2 Å². The molecule has 2 bridgehead atoms. The van der Waals surface area contributed by atoms with Crippen molar-refractivity contribution in [3.05, 3.63) is 54.0 Å². The van der Waals surface area contributed by atoms with Crippen molar-refractivity contribution in [3.63, 3.8) is 0 Å². The summed E-state index contributed by atoms with van der Waals surface area (Å²) in [5.41, 5.74) is -0.889. The summed E-state index contributed by atoms with van der Waals surface area (Å²) < 4.78 is 24.8. The van der Waals surface area contributed by atoms with Gasteiger partial charge in [-0.15, -0.1) is 0 Å². The Morgan fingerprint density at radius 2 is 1.88 bits per heavy atom. The topological polar surface area (TPSA) is 97.8 Å². The van der Waals surface area contributed by atoms with E-state index in [1.54, 1.807) is 26.0 Å². The molecular weight excluding hydrogens is 427 g/mol. The molecule has 7 nitrogen and oxygen atoms in total. The van der Waals surface area contributed by atoms with Gasteiger partial charge in [0, 0.05) is 12.7 Å². The lowest BCUT2D eigenvalue weighted by Crippen LogP contribution is -2.49. The molecule has 4 unspecified atom stereocenters. The van der Waals surface area contributed by atoms with Gasteiger partial charge in [0.15, 0.2) is 5.60 Å². The first-order chi connectivity index (χ1) is 15.7. The molecule has 3 saturated carbocycles. The van der Waals surface area contributed by atoms with Crippen molar-refractivity contribution < 1.29 is 28.6 Å². The fourth-order valence-electron chi connectivity index (χ4n) is 4.90. The van der Waals surface area contributed by atoms with Crippen LogP contribution < -0.4 is 10.1 Å². The lowest BCUT2D eigenvalue weighted by atomic mass is 9.63. The van der Waals surface area contributed by atoms with Crippen molar-refractivity contribution in [1.29, 1.82) is 0 Å². The minimum atomic E-state index is -1.20. The molecule has 0 spiro atoms. The third-order valence-corrected chi connectivity index (χ3v) is 6.77. The molecule has 33 heavy (non-hydrogen) atoms. The van der Waals surface area contributed by atoms with Gasteiger partial charge < -0.3 is 19.9 Å². The van der Waals surface area contributed by atoms with Crippen LogP contribution >= 0.6 is 0 Å². The number of halogens is 1. The van der Waals surface area contributed by atoms with E-state index in [9.17, 15) is 19.1 Å². The Hall–Kier alpha value is -3.00. The number of carboxylic acids is 1. The molecule has 3 aliphatic carbocycles. The minimum absolute atomic E-state index is 0.0594. The Bertz CT molecular complexity index is 1010. The quantitative estimate of drug-likeness (QED) is 0.610. The Labute approximate surface area is 192 Å². The Morgan fingerprint density at radius 1 is 1.15 bits per heavy atom. The number of nitrogens with one attached hydrogen (secondary N) is 1. The van der Waals surface area contributed by atoms with Crippen LogP contribution in [0, 0.1) is 23.6 Å². The number of pyridine rings is 1. The summed E-state index contributed by atoms with van der Waals surface area (Å²) >= 11 is 0. The predicted octanol–water partition coefficient (Wildman–Crippen LogP) is 4.43. The van der Waals surface area contributed by atoms with Crippen LogP contribution in [-0.4, -0.2) is 40.2 Å². The SMILES string of the molecule is CC(C)(OC1CC2CCC1CC2CNC(=O)c1cccnc1Oc1ccc(F)cc1)C(=O)O. The van der Waals surface area contributed by atoms with E-state index in [-0.39, 0.29) is 23.7 Å². The second-order valence-electron chi connectivity index (χ2n) is 9.42. The number of carboxylic acid groups (broad SMARTS) is 1. The van der Waals surface area contributed by atoms with Gasteiger partial charge in [0.05, 0.1) is 6.10 Å². The van der Waals surface area contributed by atoms with Crippen LogP contribution in [0.1, 0.15) is 49.9 Å². The van der Waals surface area contributed by atoms with Gasteiger partial charge in [-0.05, 0) is 93.7 Å². The first kappa shape index (κ1) is 23.2. The summed E-state index contributed by atoms with van der Waals surface area (Å²) in [5.74, 6) is -0.0505. The molecule has 2 N–H and O–H groups in total. The number of fused-ring (bicyclic) bond motifs is 3. The highest BCUT2D eigenvalue weighted by molar-refractivity contribution is 5.96. The highest BCUT2D eigenvalue weighted by Crippen LogP contribution is 2.47. The third-order valence-electron chi connectivity index (χ3n) is 6.77. The fraction of sp³-hybridized carbons (Fsp3) is 0.480. The summed E-state index contributed by atoms with van der Waals surface area (Å²) in [6.07, 6.45) is 5.27. The number of amides is 1. The Balaban J connectivity index is 1.36. The lowest BCUT2D eigenvalue weighted by molar-refractivity contribution is -0.182. The number of ether oxygens (including phenoxy) is 2. The third kappa shape index (κ3) is 5.33. The van der Waals surface area contributed by atoms with Gasteiger partial charge in [-0.1, -0.05) is 0 Å². The molecule has 176 valence electrons. The van der Waals surface area contributed by atoms with Crippen LogP contribution in [0.4, 0.5) is 4.39 Å². The van der Waals surface area contributed by atoms with Gasteiger partial charge in [-0.2, -0.15) is 0 Å². The first-order valence-electron chi connectivity index (χ1n) is 11.3. The molecule has 1 amide bonds. The number of carbonyl (C=O) groups excluding carboxylic acids is 1. The Kier molecular flexibility index (Phi) is 6.65. The van der Waals surface area contributed by atoms with Crippen LogP contribution in [-0.2, 0) is 9.53 Å². The largest absolute Gasteiger partial charge is 0.479 e. The van der Waals surface area contributed by atoms with Gasteiger partial charge >= 0.3 is 5.97 Å². The first-order valence-corrected chi connectivity index (χ1v) is 11.3. The molecule has 4 atom stereocenters. The second-order valence-corrected chi connectivity index (χ2v) is 9.42. The zero-order chi connectivity index (χ0) is 23.6. The molecule has 5 rings (SSSR count). The van der Waals surface area contributed by atoms with Gasteiger partial charge in [0.25, 0.3) is 5.91 Å².